The summed E-state index contributed by atoms with van der Waals surface area (Å²) in [6.45, 7) is 1.68. The molecular weight excluding hydrogens is 634 g/mol. The van der Waals surface area contributed by atoms with E-state index in [-0.39, 0.29) is 39.3 Å². The van der Waals surface area contributed by atoms with Crippen LogP contribution >= 0.6 is 0 Å². The molecule has 0 aliphatic heterocycles. The second-order valence-electron chi connectivity index (χ2n) is 9.69. The van der Waals surface area contributed by atoms with Crippen molar-refractivity contribution in [3.63, 3.8) is 0 Å². The largest absolute Gasteiger partial charge is 0.478 e. The molecule has 0 unspecified atom stereocenters. The summed E-state index contributed by atoms with van der Waals surface area (Å²) in [4.78, 5) is 99.3. The van der Waals surface area contributed by atoms with Crippen LogP contribution in [0, 0.1) is 0 Å². The van der Waals surface area contributed by atoms with Crippen LogP contribution in [0.15, 0.2) is 70.8 Å². The lowest BCUT2D eigenvalue weighted by atomic mass is 10.0. The number of ketones is 2. The monoisotopic (exact) mass is 659 g/mol. The van der Waals surface area contributed by atoms with Crippen molar-refractivity contribution in [3.8, 4) is 0 Å². The quantitative estimate of drug-likeness (QED) is 0.0745. The summed E-state index contributed by atoms with van der Waals surface area (Å²) in [5.74, 6) is -9.10. The number of Topliss-reactive ketones (excluding diaryl/α,β-unsaturated/α-hetero) is 2. The van der Waals surface area contributed by atoms with Crippen LogP contribution in [0.4, 0.5) is 17.1 Å². The topological polar surface area (TPSA) is 278 Å². The summed E-state index contributed by atoms with van der Waals surface area (Å²) in [5, 5.41) is 45.6. The van der Waals surface area contributed by atoms with Gasteiger partial charge in [-0.05, 0) is 60.2 Å². The van der Waals surface area contributed by atoms with E-state index in [1.54, 1.807) is 0 Å². The first-order chi connectivity index (χ1) is 22.6. The van der Waals surface area contributed by atoms with Crippen LogP contribution in [0.2, 0.25) is 0 Å². The molecule has 0 fully saturated rings. The number of carbonyl (C=O) groups excluding carboxylic acids is 4. The molecule has 7 N–H and O–H groups in total. The SMILES string of the molecule is CC(=O)/C(=N/Cc1ccc(C(=O)O)cc1C(=O)O)C(=O)Nc1ccc(NC(=O)/C(=N\Nc2ccc(C(=O)O)cc2C(=O)O)C(C)=O)cc1. The highest BCUT2D eigenvalue weighted by Gasteiger charge is 2.21. The van der Waals surface area contributed by atoms with Gasteiger partial charge in [-0.25, -0.2) is 19.2 Å². The Morgan fingerprint density at radius 1 is 0.583 bits per heavy atom. The summed E-state index contributed by atoms with van der Waals surface area (Å²) >= 11 is 0. The second-order valence-corrected chi connectivity index (χ2v) is 9.69. The minimum atomic E-state index is -1.49. The number of hydrogen-bond donors (Lipinski definition) is 7. The van der Waals surface area contributed by atoms with E-state index in [1.807, 2.05) is 0 Å². The fraction of sp³-hybridized carbons (Fsp3) is 0.0968. The third-order valence-electron chi connectivity index (χ3n) is 6.28. The highest BCUT2D eigenvalue weighted by Crippen LogP contribution is 2.19. The van der Waals surface area contributed by atoms with E-state index in [0.717, 1.165) is 44.2 Å². The Balaban J connectivity index is 1.73. The zero-order valence-electron chi connectivity index (χ0n) is 24.9. The highest BCUT2D eigenvalue weighted by molar-refractivity contribution is 6.67. The number of carboxylic acids is 4. The molecular formula is C31H25N5O12. The number of carboxylic acid groups (broad SMARTS) is 4. The number of hydrogen-bond acceptors (Lipinski definition) is 11. The van der Waals surface area contributed by atoms with Crippen molar-refractivity contribution in [1.29, 1.82) is 0 Å². The Morgan fingerprint density at radius 3 is 1.50 bits per heavy atom. The number of nitrogens with one attached hydrogen (secondary N) is 3. The van der Waals surface area contributed by atoms with Crippen molar-refractivity contribution >= 4 is 75.7 Å². The molecule has 0 atom stereocenters. The van der Waals surface area contributed by atoms with E-state index in [4.69, 9.17) is 10.2 Å². The van der Waals surface area contributed by atoms with Crippen molar-refractivity contribution < 1.29 is 58.8 Å². The molecule has 246 valence electrons. The number of carbonyl (C=O) groups is 8. The summed E-state index contributed by atoms with van der Waals surface area (Å²) in [6, 6.07) is 11.7. The Hall–Kier alpha value is -7.04. The van der Waals surface area contributed by atoms with Crippen molar-refractivity contribution in [3.05, 3.63) is 88.5 Å². The number of aliphatic imine (C=N–C) groups is 1. The molecule has 0 spiro atoms. The van der Waals surface area contributed by atoms with Gasteiger partial charge in [0.1, 0.15) is 0 Å². The van der Waals surface area contributed by atoms with Crippen LogP contribution < -0.4 is 16.1 Å². The zero-order chi connectivity index (χ0) is 35.7. The molecule has 0 saturated carbocycles. The van der Waals surface area contributed by atoms with Gasteiger partial charge in [-0.15, -0.1) is 0 Å². The van der Waals surface area contributed by atoms with Crippen LogP contribution in [0.5, 0.6) is 0 Å². The summed E-state index contributed by atoms with van der Waals surface area (Å²) < 4.78 is 0. The first-order valence-corrected chi connectivity index (χ1v) is 13.4. The lowest BCUT2D eigenvalue weighted by Crippen LogP contribution is -2.30. The maximum absolute atomic E-state index is 12.8. The minimum Gasteiger partial charge on any atom is -0.478 e. The first-order valence-electron chi connectivity index (χ1n) is 13.4. The molecule has 3 aromatic rings. The molecule has 0 aliphatic rings. The molecule has 2 amide bonds. The van der Waals surface area contributed by atoms with Gasteiger partial charge in [0.2, 0.25) is 0 Å². The van der Waals surface area contributed by atoms with Crippen LogP contribution in [-0.2, 0) is 25.7 Å². The Morgan fingerprint density at radius 2 is 1.04 bits per heavy atom. The summed E-state index contributed by atoms with van der Waals surface area (Å²) in [6.07, 6.45) is 0. The molecule has 0 bridgehead atoms. The van der Waals surface area contributed by atoms with Gasteiger partial charge in [0.05, 0.1) is 34.5 Å². The number of rotatable bonds is 14. The normalized spacial score (nSPS) is 11.2. The van der Waals surface area contributed by atoms with Gasteiger partial charge in [-0.2, -0.15) is 5.10 Å². The van der Waals surface area contributed by atoms with Crippen LogP contribution in [0.1, 0.15) is 60.8 Å². The van der Waals surface area contributed by atoms with Crippen LogP contribution in [-0.4, -0.2) is 79.1 Å². The smallest absolute Gasteiger partial charge is 0.337 e. The fourth-order valence-electron chi connectivity index (χ4n) is 3.93. The van der Waals surface area contributed by atoms with E-state index >= 15 is 0 Å². The molecule has 17 nitrogen and oxygen atoms in total. The molecule has 0 radical (unpaired) electrons. The van der Waals surface area contributed by atoms with E-state index < -0.39 is 70.8 Å². The lowest BCUT2D eigenvalue weighted by molar-refractivity contribution is -0.116. The summed E-state index contributed by atoms with van der Waals surface area (Å²) in [5.41, 5.74) is -0.192. The zero-order valence-corrected chi connectivity index (χ0v) is 24.9. The molecule has 0 heterocycles. The van der Waals surface area contributed by atoms with Crippen LogP contribution in [0.25, 0.3) is 0 Å². The fourth-order valence-corrected chi connectivity index (χ4v) is 3.93. The maximum Gasteiger partial charge on any atom is 0.337 e. The molecule has 0 aromatic heterocycles. The predicted octanol–water partition coefficient (Wildman–Crippen LogP) is 2.64. The van der Waals surface area contributed by atoms with E-state index in [2.05, 4.69) is 26.2 Å². The van der Waals surface area contributed by atoms with Crippen molar-refractivity contribution in [2.45, 2.75) is 20.4 Å². The van der Waals surface area contributed by atoms with Gasteiger partial charge in [0, 0.05) is 25.2 Å². The molecule has 48 heavy (non-hydrogen) atoms. The second kappa shape index (κ2) is 15.3. The van der Waals surface area contributed by atoms with Crippen molar-refractivity contribution in [1.82, 2.24) is 0 Å². The van der Waals surface area contributed by atoms with Crippen molar-refractivity contribution in [2.75, 3.05) is 16.1 Å². The number of benzene rings is 3. The number of nitrogens with zero attached hydrogens (tertiary/aromatic N) is 2. The lowest BCUT2D eigenvalue weighted by Gasteiger charge is -2.10. The van der Waals surface area contributed by atoms with Crippen LogP contribution in [0.3, 0.4) is 0 Å². The molecule has 0 saturated heterocycles. The van der Waals surface area contributed by atoms with Gasteiger partial charge in [-0.3, -0.25) is 29.6 Å². The first kappa shape index (κ1) is 35.4. The number of anilines is 3. The molecule has 17 heteroatoms. The predicted molar refractivity (Wildman–Crippen MR) is 168 cm³/mol. The molecule has 3 rings (SSSR count). The van der Waals surface area contributed by atoms with Gasteiger partial charge >= 0.3 is 23.9 Å². The third-order valence-corrected chi connectivity index (χ3v) is 6.28. The maximum atomic E-state index is 12.8. The Kier molecular flexibility index (Phi) is 11.3. The summed E-state index contributed by atoms with van der Waals surface area (Å²) in [7, 11) is 0. The van der Waals surface area contributed by atoms with Crippen molar-refractivity contribution in [2.24, 2.45) is 10.1 Å². The van der Waals surface area contributed by atoms with E-state index in [0.29, 0.717) is 0 Å². The Bertz CT molecular complexity index is 1790. The number of amides is 2. The van der Waals surface area contributed by atoms with E-state index in [9.17, 15) is 48.6 Å². The standard InChI is InChI=1S/C31H25N5O12/c1-14(37)24(32-13-18-4-3-16(28(41)42)11-21(18)30(45)46)26(39)33-19-6-8-20(9-7-19)34-27(40)25(15(2)38)36-35-23-10-5-17(29(43)44)12-22(23)31(47)48/h3-12,35H,13H2,1-2H3,(H,33,39)(H,34,40)(H,41,42)(H,43,44)(H,45,46)(H,47,48)/b32-24-,36-25-. The minimum absolute atomic E-state index is 0.0567. The van der Waals surface area contributed by atoms with Gasteiger partial charge in [0.25, 0.3) is 11.8 Å². The number of aromatic carboxylic acids is 4. The average Bonchev–Trinajstić information content (AvgIpc) is 3.01. The van der Waals surface area contributed by atoms with Gasteiger partial charge in [0.15, 0.2) is 23.0 Å². The molecule has 0 aliphatic carbocycles. The molecule has 3 aromatic carbocycles. The van der Waals surface area contributed by atoms with Gasteiger partial charge in [-0.1, -0.05) is 6.07 Å². The van der Waals surface area contributed by atoms with E-state index in [1.165, 1.54) is 30.3 Å². The van der Waals surface area contributed by atoms with Gasteiger partial charge < -0.3 is 31.1 Å². The Labute approximate surface area is 269 Å². The highest BCUT2D eigenvalue weighted by atomic mass is 16.4. The third kappa shape index (κ3) is 9.00. The average molecular weight is 660 g/mol. The number of hydrazone groups is 1.